The number of unbranched alkanes of at least 4 members (excludes halogenated alkanes) is 6. The molecule has 0 N–H and O–H groups in total. The van der Waals surface area contributed by atoms with Crippen molar-refractivity contribution in [1.82, 2.24) is 0 Å². The van der Waals surface area contributed by atoms with Crippen LogP contribution in [0.25, 0.3) is 0 Å². The van der Waals surface area contributed by atoms with Gasteiger partial charge in [0.2, 0.25) is 0 Å². The molecule has 0 radical (unpaired) electrons. The van der Waals surface area contributed by atoms with Crippen LogP contribution in [-0.2, 0) is 9.53 Å². The smallest absolute Gasteiger partial charge is 0.136 e. The van der Waals surface area contributed by atoms with Crippen LogP contribution in [0.2, 0.25) is 0 Å². The van der Waals surface area contributed by atoms with Crippen LogP contribution in [0, 0.1) is 17.8 Å². The molecule has 0 aromatic rings. The van der Waals surface area contributed by atoms with E-state index in [4.69, 9.17) is 4.74 Å². The number of rotatable bonds is 11. The Kier molecular flexibility index (Phi) is 9.17. The van der Waals surface area contributed by atoms with Crippen molar-refractivity contribution in [3.8, 4) is 0 Å². The Morgan fingerprint density at radius 2 is 1.70 bits per heavy atom. The van der Waals surface area contributed by atoms with Gasteiger partial charge in [0.15, 0.2) is 0 Å². The summed E-state index contributed by atoms with van der Waals surface area (Å²) in [5.74, 6) is 1.82. The first-order valence-corrected chi connectivity index (χ1v) is 8.72. The van der Waals surface area contributed by atoms with Crippen molar-refractivity contribution in [1.29, 1.82) is 0 Å². The van der Waals surface area contributed by atoms with Gasteiger partial charge in [-0.3, -0.25) is 4.79 Å². The number of ketones is 1. The molecule has 1 aliphatic carbocycles. The molecule has 0 saturated heterocycles. The minimum absolute atomic E-state index is 0.273. The summed E-state index contributed by atoms with van der Waals surface area (Å²) >= 11 is 0. The van der Waals surface area contributed by atoms with Crippen molar-refractivity contribution in [2.24, 2.45) is 17.8 Å². The number of methoxy groups -OCH3 is 1. The van der Waals surface area contributed by atoms with Gasteiger partial charge in [0.1, 0.15) is 5.78 Å². The zero-order valence-corrected chi connectivity index (χ0v) is 13.8. The number of hydrogen-bond acceptors (Lipinski definition) is 2. The molecule has 2 heteroatoms. The van der Waals surface area contributed by atoms with Gasteiger partial charge in [-0.25, -0.2) is 0 Å². The van der Waals surface area contributed by atoms with Crippen molar-refractivity contribution >= 4 is 5.78 Å². The Morgan fingerprint density at radius 1 is 1.05 bits per heavy atom. The fourth-order valence-corrected chi connectivity index (χ4v) is 3.71. The molecule has 0 bridgehead atoms. The first kappa shape index (κ1) is 17.7. The molecule has 0 aliphatic heterocycles. The van der Waals surface area contributed by atoms with Crippen molar-refractivity contribution in [2.45, 2.75) is 78.1 Å². The number of carbonyl (C=O) groups is 1. The molecule has 0 spiro atoms. The van der Waals surface area contributed by atoms with E-state index in [1.54, 1.807) is 7.11 Å². The first-order valence-electron chi connectivity index (χ1n) is 8.72. The summed E-state index contributed by atoms with van der Waals surface area (Å²) in [5.41, 5.74) is 0. The molecule has 1 saturated carbocycles. The van der Waals surface area contributed by atoms with E-state index in [1.165, 1.54) is 51.4 Å². The van der Waals surface area contributed by atoms with E-state index in [9.17, 15) is 4.79 Å². The molecule has 20 heavy (non-hydrogen) atoms. The summed E-state index contributed by atoms with van der Waals surface area (Å²) in [6, 6.07) is 0. The van der Waals surface area contributed by atoms with E-state index < -0.39 is 0 Å². The van der Waals surface area contributed by atoms with Gasteiger partial charge in [-0.2, -0.15) is 0 Å². The van der Waals surface area contributed by atoms with E-state index in [-0.39, 0.29) is 5.92 Å². The minimum atomic E-state index is 0.273. The highest BCUT2D eigenvalue weighted by Crippen LogP contribution is 2.38. The highest BCUT2D eigenvalue weighted by Gasteiger charge is 2.37. The van der Waals surface area contributed by atoms with Crippen molar-refractivity contribution in [3.05, 3.63) is 0 Å². The third-order valence-corrected chi connectivity index (χ3v) is 4.89. The maximum absolute atomic E-state index is 12.4. The number of ether oxygens (including phenoxy) is 1. The molecular weight excluding hydrogens is 248 g/mol. The number of Topliss-reactive ketones (excluding diaryl/α,β-unsaturated/α-hetero) is 1. The molecule has 3 atom stereocenters. The molecule has 2 nitrogen and oxygen atoms in total. The van der Waals surface area contributed by atoms with Crippen LogP contribution in [-0.4, -0.2) is 19.5 Å². The Labute approximate surface area is 125 Å². The van der Waals surface area contributed by atoms with Gasteiger partial charge in [0.05, 0.1) is 0 Å². The van der Waals surface area contributed by atoms with Crippen LogP contribution in [0.5, 0.6) is 0 Å². The summed E-state index contributed by atoms with van der Waals surface area (Å²) in [7, 11) is 1.75. The van der Waals surface area contributed by atoms with Crippen molar-refractivity contribution in [3.63, 3.8) is 0 Å². The van der Waals surface area contributed by atoms with Crippen LogP contribution < -0.4 is 0 Å². The first-order chi connectivity index (χ1) is 9.70. The third kappa shape index (κ3) is 5.95. The van der Waals surface area contributed by atoms with E-state index in [0.29, 0.717) is 17.6 Å². The maximum atomic E-state index is 12.4. The number of hydrogen-bond donors (Lipinski definition) is 0. The van der Waals surface area contributed by atoms with Crippen molar-refractivity contribution < 1.29 is 9.53 Å². The topological polar surface area (TPSA) is 26.3 Å². The van der Waals surface area contributed by atoms with Crippen molar-refractivity contribution in [2.75, 3.05) is 13.7 Å². The van der Waals surface area contributed by atoms with E-state index in [0.717, 1.165) is 19.4 Å². The van der Waals surface area contributed by atoms with E-state index in [2.05, 4.69) is 13.8 Å². The highest BCUT2D eigenvalue weighted by atomic mass is 16.5. The van der Waals surface area contributed by atoms with Gasteiger partial charge < -0.3 is 4.74 Å². The summed E-state index contributed by atoms with van der Waals surface area (Å²) in [6.07, 6.45) is 12.1. The lowest BCUT2D eigenvalue weighted by Crippen LogP contribution is -2.26. The van der Waals surface area contributed by atoms with Gasteiger partial charge in [-0.1, -0.05) is 52.4 Å². The zero-order valence-electron chi connectivity index (χ0n) is 13.8. The summed E-state index contributed by atoms with van der Waals surface area (Å²) in [4.78, 5) is 12.4. The summed E-state index contributed by atoms with van der Waals surface area (Å²) < 4.78 is 5.28. The predicted molar refractivity (Wildman–Crippen MR) is 84.9 cm³/mol. The monoisotopic (exact) mass is 282 g/mol. The Bertz CT molecular complexity index is 260. The normalized spacial score (nSPS) is 26.1. The Balaban J connectivity index is 2.17. The molecule has 1 aliphatic rings. The predicted octanol–water partition coefficient (Wildman–Crippen LogP) is 5.00. The van der Waals surface area contributed by atoms with Crippen LogP contribution in [0.15, 0.2) is 0 Å². The molecule has 1 fully saturated rings. The van der Waals surface area contributed by atoms with Crippen LogP contribution in [0.1, 0.15) is 78.1 Å². The van der Waals surface area contributed by atoms with Gasteiger partial charge >= 0.3 is 0 Å². The SMILES string of the molecule is CCCCCCCCCC(=O)C1C(C)CCC1COC. The molecule has 0 aromatic carbocycles. The second-order valence-electron chi connectivity index (χ2n) is 6.63. The Hall–Kier alpha value is -0.370. The molecule has 0 heterocycles. The lowest BCUT2D eigenvalue weighted by atomic mass is 9.85. The van der Waals surface area contributed by atoms with E-state index >= 15 is 0 Å². The lowest BCUT2D eigenvalue weighted by Gasteiger charge is -2.21. The highest BCUT2D eigenvalue weighted by molar-refractivity contribution is 5.81. The Morgan fingerprint density at radius 3 is 2.35 bits per heavy atom. The molecule has 118 valence electrons. The minimum Gasteiger partial charge on any atom is -0.384 e. The average molecular weight is 282 g/mol. The van der Waals surface area contributed by atoms with Gasteiger partial charge in [0, 0.05) is 26.1 Å². The average Bonchev–Trinajstić information content (AvgIpc) is 2.79. The summed E-state index contributed by atoms with van der Waals surface area (Å²) in [6.45, 7) is 5.25. The van der Waals surface area contributed by atoms with Crippen LogP contribution >= 0.6 is 0 Å². The van der Waals surface area contributed by atoms with Gasteiger partial charge in [0.25, 0.3) is 0 Å². The fraction of sp³-hybridized carbons (Fsp3) is 0.944. The fourth-order valence-electron chi connectivity index (χ4n) is 3.71. The van der Waals surface area contributed by atoms with Gasteiger partial charge in [-0.05, 0) is 31.1 Å². The third-order valence-electron chi connectivity index (χ3n) is 4.89. The molecular formula is C18H34O2. The molecule has 3 unspecified atom stereocenters. The van der Waals surface area contributed by atoms with E-state index in [1.807, 2.05) is 0 Å². The number of carbonyl (C=O) groups excluding carboxylic acids is 1. The quantitative estimate of drug-likeness (QED) is 0.498. The standard InChI is InChI=1S/C18H34O2/c1-4-5-6-7-8-9-10-11-17(19)18-15(2)12-13-16(18)14-20-3/h15-16,18H,4-14H2,1-3H3. The van der Waals surface area contributed by atoms with Crippen LogP contribution in [0.4, 0.5) is 0 Å². The summed E-state index contributed by atoms with van der Waals surface area (Å²) in [5, 5.41) is 0. The van der Waals surface area contributed by atoms with Crippen LogP contribution in [0.3, 0.4) is 0 Å². The maximum Gasteiger partial charge on any atom is 0.136 e. The zero-order chi connectivity index (χ0) is 14.8. The molecule has 0 amide bonds. The second-order valence-corrected chi connectivity index (χ2v) is 6.63. The molecule has 0 aromatic heterocycles. The van der Waals surface area contributed by atoms with Gasteiger partial charge in [-0.15, -0.1) is 0 Å². The largest absolute Gasteiger partial charge is 0.384 e. The molecule has 1 rings (SSSR count). The lowest BCUT2D eigenvalue weighted by molar-refractivity contribution is -0.125. The second kappa shape index (κ2) is 10.4.